The summed E-state index contributed by atoms with van der Waals surface area (Å²) in [6, 6.07) is 10.9. The van der Waals surface area contributed by atoms with Gasteiger partial charge in [-0.25, -0.2) is 14.8 Å². The maximum atomic E-state index is 11.6. The fourth-order valence-electron chi connectivity index (χ4n) is 2.27. The molecule has 8 heteroatoms. The van der Waals surface area contributed by atoms with Crippen molar-refractivity contribution < 1.29 is 9.53 Å². The van der Waals surface area contributed by atoms with Gasteiger partial charge in [0.25, 0.3) is 0 Å². The van der Waals surface area contributed by atoms with Crippen LogP contribution in [0.5, 0.6) is 0 Å². The summed E-state index contributed by atoms with van der Waals surface area (Å²) < 4.78 is 6.66. The van der Waals surface area contributed by atoms with E-state index in [2.05, 4.69) is 15.3 Å². The lowest BCUT2D eigenvalue weighted by molar-refractivity contribution is 0.0601. The van der Waals surface area contributed by atoms with Crippen molar-refractivity contribution in [1.82, 2.24) is 9.97 Å². The van der Waals surface area contributed by atoms with Crippen LogP contribution in [0, 0.1) is 0 Å². The fraction of sp³-hybridized carbons (Fsp3) is 0.0625. The minimum Gasteiger partial charge on any atom is -0.465 e. The highest BCUT2D eigenvalue weighted by atomic mass is 35.5. The molecule has 4 aromatic rings. The summed E-state index contributed by atoms with van der Waals surface area (Å²) in [5.41, 5.74) is 2.22. The number of aromatic nitrogens is 2. The van der Waals surface area contributed by atoms with Crippen molar-refractivity contribution >= 4 is 70.9 Å². The van der Waals surface area contributed by atoms with Gasteiger partial charge in [0.15, 0.2) is 10.3 Å². The Labute approximate surface area is 149 Å². The van der Waals surface area contributed by atoms with E-state index in [0.29, 0.717) is 10.6 Å². The second-order valence-corrected chi connectivity index (χ2v) is 7.45. The molecule has 0 atom stereocenters. The number of hydrogen-bond donors (Lipinski definition) is 1. The number of carbonyl (C=O) groups excluding carboxylic acids is 1. The van der Waals surface area contributed by atoms with Gasteiger partial charge < -0.3 is 10.1 Å². The number of nitrogens with one attached hydrogen (secondary N) is 1. The SMILES string of the molecule is COC(=O)c1ccc2nc(Nc3nc4ccc(Cl)cc4s3)sc2c1. The van der Waals surface area contributed by atoms with Gasteiger partial charge in [-0.3, -0.25) is 0 Å². The van der Waals surface area contributed by atoms with E-state index in [9.17, 15) is 4.79 Å². The summed E-state index contributed by atoms with van der Waals surface area (Å²) in [4.78, 5) is 20.6. The van der Waals surface area contributed by atoms with Crippen molar-refractivity contribution in [3.05, 3.63) is 47.0 Å². The Hall–Kier alpha value is -2.22. The molecule has 0 amide bonds. The second kappa shape index (κ2) is 6.01. The number of thiazole rings is 2. The zero-order valence-corrected chi connectivity index (χ0v) is 14.8. The lowest BCUT2D eigenvalue weighted by Gasteiger charge is -1.97. The molecule has 5 nitrogen and oxygen atoms in total. The number of esters is 1. The molecule has 0 spiro atoms. The first kappa shape index (κ1) is 15.3. The normalized spacial score (nSPS) is 11.1. The number of carbonyl (C=O) groups is 1. The van der Waals surface area contributed by atoms with E-state index in [0.717, 1.165) is 30.7 Å². The first-order chi connectivity index (χ1) is 11.6. The Bertz CT molecular complexity index is 1070. The smallest absolute Gasteiger partial charge is 0.337 e. The molecule has 2 aromatic carbocycles. The van der Waals surface area contributed by atoms with E-state index in [1.165, 1.54) is 29.8 Å². The summed E-state index contributed by atoms with van der Waals surface area (Å²) in [7, 11) is 1.37. The summed E-state index contributed by atoms with van der Waals surface area (Å²) in [5.74, 6) is -0.358. The van der Waals surface area contributed by atoms with Gasteiger partial charge in [-0.15, -0.1) is 0 Å². The standard InChI is InChI=1S/C16H10ClN3O2S2/c1-22-14(21)8-2-4-10-12(6-8)23-15(18-10)20-16-19-11-5-3-9(17)7-13(11)24-16/h2-7H,1H3,(H,18,19,20). The predicted molar refractivity (Wildman–Crippen MR) is 98.9 cm³/mol. The Balaban J connectivity index is 1.66. The number of benzene rings is 2. The highest BCUT2D eigenvalue weighted by molar-refractivity contribution is 7.24. The molecule has 4 rings (SSSR count). The van der Waals surface area contributed by atoms with Crippen LogP contribution >= 0.6 is 34.3 Å². The average Bonchev–Trinajstić information content (AvgIpc) is 3.15. The predicted octanol–water partition coefficient (Wildman–Crippen LogP) is 5.09. The van der Waals surface area contributed by atoms with Crippen LogP contribution in [-0.4, -0.2) is 23.0 Å². The maximum absolute atomic E-state index is 11.6. The molecule has 0 aliphatic heterocycles. The molecule has 24 heavy (non-hydrogen) atoms. The highest BCUT2D eigenvalue weighted by Gasteiger charge is 2.11. The van der Waals surface area contributed by atoms with E-state index in [1.54, 1.807) is 18.2 Å². The Kier molecular flexibility index (Phi) is 3.84. The minimum absolute atomic E-state index is 0.358. The third-order valence-corrected chi connectivity index (χ3v) is 5.48. The zero-order valence-electron chi connectivity index (χ0n) is 12.4. The molecule has 120 valence electrons. The average molecular weight is 376 g/mol. The Morgan fingerprint density at radius 2 is 1.67 bits per heavy atom. The number of anilines is 2. The van der Waals surface area contributed by atoms with Gasteiger partial charge in [-0.1, -0.05) is 34.3 Å². The molecule has 2 aromatic heterocycles. The number of halogens is 1. The Morgan fingerprint density at radius 1 is 1.04 bits per heavy atom. The van der Waals surface area contributed by atoms with Crippen LogP contribution in [0.2, 0.25) is 5.02 Å². The lowest BCUT2D eigenvalue weighted by atomic mass is 10.2. The molecule has 0 saturated carbocycles. The topological polar surface area (TPSA) is 64.1 Å². The van der Waals surface area contributed by atoms with Gasteiger partial charge in [0.2, 0.25) is 0 Å². The highest BCUT2D eigenvalue weighted by Crippen LogP contribution is 2.33. The van der Waals surface area contributed by atoms with Crippen LogP contribution < -0.4 is 5.32 Å². The number of methoxy groups -OCH3 is 1. The van der Waals surface area contributed by atoms with E-state index in [1.807, 2.05) is 18.2 Å². The van der Waals surface area contributed by atoms with Crippen molar-refractivity contribution in [3.8, 4) is 0 Å². The molecule has 0 aliphatic rings. The van der Waals surface area contributed by atoms with Crippen molar-refractivity contribution in [2.24, 2.45) is 0 Å². The van der Waals surface area contributed by atoms with Gasteiger partial charge in [-0.05, 0) is 36.4 Å². The molecule has 0 bridgehead atoms. The molecule has 0 radical (unpaired) electrons. The van der Waals surface area contributed by atoms with Gasteiger partial charge >= 0.3 is 5.97 Å². The third-order valence-electron chi connectivity index (χ3n) is 3.37. The summed E-state index contributed by atoms with van der Waals surface area (Å²) >= 11 is 8.98. The quantitative estimate of drug-likeness (QED) is 0.505. The van der Waals surface area contributed by atoms with Gasteiger partial charge in [0.05, 0.1) is 33.1 Å². The molecule has 1 N–H and O–H groups in total. The number of rotatable bonds is 3. The molecule has 0 aliphatic carbocycles. The van der Waals surface area contributed by atoms with Crippen molar-refractivity contribution in [3.63, 3.8) is 0 Å². The molecular weight excluding hydrogens is 366 g/mol. The van der Waals surface area contributed by atoms with Crippen LogP contribution in [0.4, 0.5) is 10.3 Å². The molecule has 2 heterocycles. The van der Waals surface area contributed by atoms with Gasteiger partial charge in [0, 0.05) is 5.02 Å². The molecular formula is C16H10ClN3O2S2. The van der Waals surface area contributed by atoms with Crippen LogP contribution in [0.25, 0.3) is 20.4 Å². The zero-order chi connectivity index (χ0) is 16.7. The van der Waals surface area contributed by atoms with E-state index in [-0.39, 0.29) is 5.97 Å². The molecule has 0 unspecified atom stereocenters. The molecule has 0 saturated heterocycles. The largest absolute Gasteiger partial charge is 0.465 e. The van der Waals surface area contributed by atoms with Crippen molar-refractivity contribution in [2.75, 3.05) is 12.4 Å². The second-order valence-electron chi connectivity index (χ2n) is 4.95. The van der Waals surface area contributed by atoms with E-state index >= 15 is 0 Å². The summed E-state index contributed by atoms with van der Waals surface area (Å²) in [5, 5.41) is 5.38. The van der Waals surface area contributed by atoms with E-state index < -0.39 is 0 Å². The first-order valence-electron chi connectivity index (χ1n) is 6.94. The van der Waals surface area contributed by atoms with Crippen LogP contribution in [0.1, 0.15) is 10.4 Å². The van der Waals surface area contributed by atoms with Crippen LogP contribution in [0.3, 0.4) is 0 Å². The fourth-order valence-corrected chi connectivity index (χ4v) is 4.38. The van der Waals surface area contributed by atoms with Crippen molar-refractivity contribution in [2.45, 2.75) is 0 Å². The van der Waals surface area contributed by atoms with Gasteiger partial charge in [-0.2, -0.15) is 0 Å². The first-order valence-corrected chi connectivity index (χ1v) is 8.95. The third kappa shape index (κ3) is 2.82. The number of nitrogens with zero attached hydrogens (tertiary/aromatic N) is 2. The number of ether oxygens (including phenoxy) is 1. The molecule has 0 fully saturated rings. The Morgan fingerprint density at radius 3 is 2.33 bits per heavy atom. The van der Waals surface area contributed by atoms with Crippen molar-refractivity contribution in [1.29, 1.82) is 0 Å². The minimum atomic E-state index is -0.358. The van der Waals surface area contributed by atoms with Gasteiger partial charge in [0.1, 0.15) is 0 Å². The lowest BCUT2D eigenvalue weighted by Crippen LogP contribution is -1.99. The summed E-state index contributed by atoms with van der Waals surface area (Å²) in [6.45, 7) is 0. The number of hydrogen-bond acceptors (Lipinski definition) is 7. The monoisotopic (exact) mass is 375 g/mol. The maximum Gasteiger partial charge on any atom is 0.337 e. The van der Waals surface area contributed by atoms with Crippen LogP contribution in [-0.2, 0) is 4.74 Å². The summed E-state index contributed by atoms with van der Waals surface area (Å²) in [6.07, 6.45) is 0. The number of fused-ring (bicyclic) bond motifs is 2. The van der Waals surface area contributed by atoms with Crippen LogP contribution in [0.15, 0.2) is 36.4 Å². The van der Waals surface area contributed by atoms with E-state index in [4.69, 9.17) is 16.3 Å².